The molecule has 0 bridgehead atoms. The van der Waals surface area contributed by atoms with Gasteiger partial charge in [0.15, 0.2) is 0 Å². The Morgan fingerprint density at radius 3 is 2.71 bits per heavy atom. The van der Waals surface area contributed by atoms with Crippen LogP contribution < -0.4 is 5.32 Å². The van der Waals surface area contributed by atoms with Gasteiger partial charge in [-0.15, -0.1) is 0 Å². The van der Waals surface area contributed by atoms with E-state index in [9.17, 15) is 19.3 Å². The van der Waals surface area contributed by atoms with Crippen molar-refractivity contribution in [2.75, 3.05) is 12.4 Å². The zero-order chi connectivity index (χ0) is 17.7. The van der Waals surface area contributed by atoms with Gasteiger partial charge in [-0.3, -0.25) is 10.1 Å². The molecule has 0 heterocycles. The van der Waals surface area contributed by atoms with Gasteiger partial charge in [-0.1, -0.05) is 6.07 Å². The summed E-state index contributed by atoms with van der Waals surface area (Å²) in [5, 5.41) is 22.5. The minimum atomic E-state index is -0.838. The number of hydrogen-bond donors (Lipinski definition) is 1. The second-order valence-electron chi connectivity index (χ2n) is 4.75. The first-order valence-corrected chi connectivity index (χ1v) is 6.75. The van der Waals surface area contributed by atoms with Crippen LogP contribution in [0.3, 0.4) is 0 Å². The molecule has 0 aliphatic rings. The van der Waals surface area contributed by atoms with E-state index in [0.717, 1.165) is 13.2 Å². The Bertz CT molecular complexity index is 846. The van der Waals surface area contributed by atoms with Crippen molar-refractivity contribution >= 4 is 17.3 Å². The smallest absolute Gasteiger partial charge is 0.344 e. The molecule has 0 saturated carbocycles. The van der Waals surface area contributed by atoms with Gasteiger partial charge < -0.3 is 10.1 Å². The molecule has 2 aromatic rings. The summed E-state index contributed by atoms with van der Waals surface area (Å²) in [6, 6.07) is 9.75. The zero-order valence-corrected chi connectivity index (χ0v) is 12.6. The van der Waals surface area contributed by atoms with Crippen molar-refractivity contribution in [3.63, 3.8) is 0 Å². The van der Waals surface area contributed by atoms with Gasteiger partial charge in [0.1, 0.15) is 11.4 Å². The number of esters is 1. The fourth-order valence-corrected chi connectivity index (χ4v) is 2.04. The molecule has 0 aliphatic carbocycles. The van der Waals surface area contributed by atoms with Crippen LogP contribution in [-0.2, 0) is 11.3 Å². The second-order valence-corrected chi connectivity index (χ2v) is 4.75. The predicted octanol–water partition coefficient (Wildman–Crippen LogP) is 3.00. The number of benzene rings is 2. The van der Waals surface area contributed by atoms with Crippen molar-refractivity contribution in [3.8, 4) is 6.07 Å². The minimum Gasteiger partial charge on any atom is -0.465 e. The lowest BCUT2D eigenvalue weighted by molar-refractivity contribution is -0.385. The largest absolute Gasteiger partial charge is 0.465 e. The number of nitrogens with zero attached hydrogens (tertiary/aromatic N) is 2. The molecule has 8 heteroatoms. The monoisotopic (exact) mass is 329 g/mol. The van der Waals surface area contributed by atoms with E-state index in [1.54, 1.807) is 0 Å². The highest BCUT2D eigenvalue weighted by Crippen LogP contribution is 2.24. The van der Waals surface area contributed by atoms with Crippen molar-refractivity contribution in [2.24, 2.45) is 0 Å². The zero-order valence-electron chi connectivity index (χ0n) is 12.6. The van der Waals surface area contributed by atoms with E-state index in [4.69, 9.17) is 5.26 Å². The molecule has 0 aliphatic heterocycles. The van der Waals surface area contributed by atoms with Crippen molar-refractivity contribution in [1.82, 2.24) is 0 Å². The highest BCUT2D eigenvalue weighted by molar-refractivity contribution is 5.95. The van der Waals surface area contributed by atoms with Crippen LogP contribution in [0.4, 0.5) is 15.8 Å². The maximum Gasteiger partial charge on any atom is 0.344 e. The van der Waals surface area contributed by atoms with Crippen LogP contribution in [0.5, 0.6) is 0 Å². The quantitative estimate of drug-likeness (QED) is 0.513. The highest BCUT2D eigenvalue weighted by Gasteiger charge is 2.21. The average molecular weight is 329 g/mol. The molecule has 0 unspecified atom stereocenters. The molecule has 7 nitrogen and oxygen atoms in total. The van der Waals surface area contributed by atoms with Gasteiger partial charge in [-0.05, 0) is 24.3 Å². The molecule has 0 radical (unpaired) electrons. The number of nitriles is 1. The number of methoxy groups -OCH3 is 1. The molecule has 0 saturated heterocycles. The average Bonchev–Trinajstić information content (AvgIpc) is 2.59. The molecule has 2 rings (SSSR count). The first kappa shape index (κ1) is 16.9. The molecule has 24 heavy (non-hydrogen) atoms. The Kier molecular flexibility index (Phi) is 5.06. The number of carbonyl (C=O) groups excluding carboxylic acids is 1. The molecule has 0 fully saturated rings. The Hall–Kier alpha value is -3.47. The van der Waals surface area contributed by atoms with Crippen molar-refractivity contribution in [3.05, 3.63) is 69.0 Å². The normalized spacial score (nSPS) is 9.88. The number of nitro groups is 1. The third kappa shape index (κ3) is 3.64. The summed E-state index contributed by atoms with van der Waals surface area (Å²) in [5.74, 6) is -1.38. The summed E-state index contributed by atoms with van der Waals surface area (Å²) in [7, 11) is 1.12. The van der Waals surface area contributed by atoms with E-state index in [1.807, 2.05) is 6.07 Å². The lowest BCUT2D eigenvalue weighted by atomic mass is 10.1. The first-order chi connectivity index (χ1) is 11.5. The molecular weight excluding hydrogens is 317 g/mol. The van der Waals surface area contributed by atoms with Gasteiger partial charge in [-0.25, -0.2) is 9.18 Å². The fraction of sp³-hybridized carbons (Fsp3) is 0.125. The third-order valence-electron chi connectivity index (χ3n) is 3.26. The lowest BCUT2D eigenvalue weighted by Crippen LogP contribution is -2.08. The number of halogens is 1. The Morgan fingerprint density at radius 2 is 2.12 bits per heavy atom. The van der Waals surface area contributed by atoms with Crippen molar-refractivity contribution in [1.29, 1.82) is 5.26 Å². The topological polar surface area (TPSA) is 105 Å². The van der Waals surface area contributed by atoms with E-state index in [-0.39, 0.29) is 23.4 Å². The van der Waals surface area contributed by atoms with Crippen LogP contribution in [0.15, 0.2) is 36.4 Å². The van der Waals surface area contributed by atoms with Gasteiger partial charge in [0.2, 0.25) is 0 Å². The van der Waals surface area contributed by atoms with Crippen molar-refractivity contribution in [2.45, 2.75) is 6.54 Å². The summed E-state index contributed by atoms with van der Waals surface area (Å²) in [4.78, 5) is 21.9. The fourth-order valence-electron chi connectivity index (χ4n) is 2.04. The number of anilines is 1. The molecule has 1 N–H and O–H groups in total. The molecule has 0 aromatic heterocycles. The maximum absolute atomic E-state index is 13.8. The van der Waals surface area contributed by atoms with Crippen LogP contribution in [-0.4, -0.2) is 18.0 Å². The summed E-state index contributed by atoms with van der Waals surface area (Å²) < 4.78 is 18.3. The van der Waals surface area contributed by atoms with Gasteiger partial charge in [0.05, 0.1) is 23.7 Å². The molecule has 122 valence electrons. The van der Waals surface area contributed by atoms with Crippen LogP contribution in [0.25, 0.3) is 0 Å². The van der Waals surface area contributed by atoms with Gasteiger partial charge in [0.25, 0.3) is 5.69 Å². The van der Waals surface area contributed by atoms with Gasteiger partial charge >= 0.3 is 5.97 Å². The Morgan fingerprint density at radius 1 is 1.38 bits per heavy atom. The number of nitrogens with one attached hydrogen (secondary N) is 1. The van der Waals surface area contributed by atoms with E-state index >= 15 is 0 Å². The Labute approximate surface area is 136 Å². The van der Waals surface area contributed by atoms with Gasteiger partial charge in [0, 0.05) is 23.9 Å². The Balaban J connectivity index is 2.23. The van der Waals surface area contributed by atoms with Gasteiger partial charge in [-0.2, -0.15) is 5.26 Å². The minimum absolute atomic E-state index is 0.0793. The lowest BCUT2D eigenvalue weighted by Gasteiger charge is -2.09. The number of hydrogen-bond acceptors (Lipinski definition) is 6. The van der Waals surface area contributed by atoms with E-state index < -0.39 is 16.7 Å². The third-order valence-corrected chi connectivity index (χ3v) is 3.26. The number of carbonyl (C=O) groups is 1. The molecule has 0 amide bonds. The summed E-state index contributed by atoms with van der Waals surface area (Å²) >= 11 is 0. The molecule has 0 spiro atoms. The van der Waals surface area contributed by atoms with E-state index in [1.165, 1.54) is 30.3 Å². The van der Waals surface area contributed by atoms with Crippen LogP contribution in [0.1, 0.15) is 21.5 Å². The summed E-state index contributed by atoms with van der Waals surface area (Å²) in [5.41, 5.74) is 0.334. The number of nitro benzene ring substituents is 1. The van der Waals surface area contributed by atoms with Crippen molar-refractivity contribution < 1.29 is 18.8 Å². The summed E-state index contributed by atoms with van der Waals surface area (Å²) in [6.45, 7) is 0.0793. The predicted molar refractivity (Wildman–Crippen MR) is 82.9 cm³/mol. The van der Waals surface area contributed by atoms with E-state index in [2.05, 4.69) is 10.1 Å². The van der Waals surface area contributed by atoms with Crippen LogP contribution in [0, 0.1) is 27.3 Å². The first-order valence-electron chi connectivity index (χ1n) is 6.75. The highest BCUT2D eigenvalue weighted by atomic mass is 19.1. The SMILES string of the molecule is COC(=O)c1cc(NCc2ccc(C#N)cc2F)ccc1[N+](=O)[O-]. The maximum atomic E-state index is 13.8. The van der Waals surface area contributed by atoms with Crippen LogP contribution >= 0.6 is 0 Å². The number of ether oxygens (including phenoxy) is 1. The standard InChI is InChI=1S/C16H12FN3O4/c1-24-16(21)13-7-12(4-5-15(13)20(22)23)19-9-11-3-2-10(8-18)6-14(11)17/h2-7,19H,9H2,1H3. The second kappa shape index (κ2) is 7.19. The number of rotatable bonds is 5. The molecular formula is C16H12FN3O4. The van der Waals surface area contributed by atoms with E-state index in [0.29, 0.717) is 11.3 Å². The summed E-state index contributed by atoms with van der Waals surface area (Å²) in [6.07, 6.45) is 0. The van der Waals surface area contributed by atoms with Crippen LogP contribution in [0.2, 0.25) is 0 Å². The molecule has 0 atom stereocenters. The molecule has 2 aromatic carbocycles.